The van der Waals surface area contributed by atoms with Crippen molar-refractivity contribution in [1.82, 2.24) is 0 Å². The molecule has 20 heavy (non-hydrogen) atoms. The van der Waals surface area contributed by atoms with E-state index in [-0.39, 0.29) is 36.5 Å². The number of allylic oxidation sites excluding steroid dienone is 1. The van der Waals surface area contributed by atoms with E-state index in [1.54, 1.807) is 6.08 Å². The lowest BCUT2D eigenvalue weighted by molar-refractivity contribution is -0.150. The van der Waals surface area contributed by atoms with E-state index in [0.717, 1.165) is 0 Å². The number of ether oxygens (including phenoxy) is 2. The molecule has 1 N–H and O–H groups in total. The Balaban J connectivity index is 2.80. The average Bonchev–Trinajstić information content (AvgIpc) is 2.63. The zero-order valence-corrected chi connectivity index (χ0v) is 13.5. The SMILES string of the molecule is CC(C)[C@H](C)/C=C(/F)C(C)[C@H]1OC(C)(C)O[C@H]1CCO. The predicted molar refractivity (Wildman–Crippen MR) is 77.9 cm³/mol. The van der Waals surface area contributed by atoms with Crippen LogP contribution in [0.2, 0.25) is 0 Å². The zero-order valence-electron chi connectivity index (χ0n) is 13.5. The molecule has 1 aliphatic heterocycles. The first-order chi connectivity index (χ1) is 9.18. The summed E-state index contributed by atoms with van der Waals surface area (Å²) in [5.74, 6) is -0.652. The van der Waals surface area contributed by atoms with Crippen LogP contribution in [0.15, 0.2) is 11.9 Å². The lowest BCUT2D eigenvalue weighted by Gasteiger charge is -2.23. The van der Waals surface area contributed by atoms with Crippen molar-refractivity contribution < 1.29 is 19.0 Å². The molecule has 0 aromatic heterocycles. The molecule has 118 valence electrons. The normalized spacial score (nSPS) is 29.8. The zero-order chi connectivity index (χ0) is 15.5. The van der Waals surface area contributed by atoms with Gasteiger partial charge in [-0.15, -0.1) is 0 Å². The highest BCUT2D eigenvalue weighted by atomic mass is 19.1. The standard InChI is InChI=1S/C16H29FO3/c1-10(2)11(3)9-13(17)12(4)15-14(7-8-18)19-16(5,6)20-15/h9-12,14-15,18H,7-8H2,1-6H3/b13-9+/t11-,12?,14+,15-/m1/s1. The summed E-state index contributed by atoms with van der Waals surface area (Å²) < 4.78 is 26.0. The van der Waals surface area contributed by atoms with Gasteiger partial charge in [0, 0.05) is 12.5 Å². The van der Waals surface area contributed by atoms with Crippen LogP contribution < -0.4 is 0 Å². The number of rotatable bonds is 6. The van der Waals surface area contributed by atoms with Crippen LogP contribution in [0.25, 0.3) is 0 Å². The fraction of sp³-hybridized carbons (Fsp3) is 0.875. The molecule has 0 radical (unpaired) electrons. The summed E-state index contributed by atoms with van der Waals surface area (Å²) >= 11 is 0. The molecular weight excluding hydrogens is 259 g/mol. The highest BCUT2D eigenvalue weighted by Gasteiger charge is 2.44. The second-order valence-electron chi connectivity index (χ2n) is 6.59. The van der Waals surface area contributed by atoms with Crippen LogP contribution in [0.5, 0.6) is 0 Å². The second-order valence-corrected chi connectivity index (χ2v) is 6.59. The fourth-order valence-corrected chi connectivity index (χ4v) is 2.39. The Bertz CT molecular complexity index is 339. The third kappa shape index (κ3) is 4.54. The quantitative estimate of drug-likeness (QED) is 0.810. The van der Waals surface area contributed by atoms with Gasteiger partial charge in [-0.1, -0.05) is 27.7 Å². The second kappa shape index (κ2) is 7.01. The van der Waals surface area contributed by atoms with E-state index in [9.17, 15) is 4.39 Å². The first-order valence-electron chi connectivity index (χ1n) is 7.51. The molecule has 0 bridgehead atoms. The number of hydrogen-bond acceptors (Lipinski definition) is 3. The van der Waals surface area contributed by atoms with E-state index >= 15 is 0 Å². The first-order valence-corrected chi connectivity index (χ1v) is 7.51. The molecule has 0 spiro atoms. The van der Waals surface area contributed by atoms with Crippen LogP contribution in [-0.4, -0.2) is 29.7 Å². The summed E-state index contributed by atoms with van der Waals surface area (Å²) in [6.45, 7) is 11.6. The molecule has 1 fully saturated rings. The summed E-state index contributed by atoms with van der Waals surface area (Å²) in [4.78, 5) is 0. The molecule has 0 aliphatic carbocycles. The van der Waals surface area contributed by atoms with Crippen molar-refractivity contribution >= 4 is 0 Å². The molecule has 1 rings (SSSR count). The van der Waals surface area contributed by atoms with E-state index in [1.807, 2.05) is 27.7 Å². The minimum Gasteiger partial charge on any atom is -0.396 e. The molecule has 1 heterocycles. The van der Waals surface area contributed by atoms with Gasteiger partial charge in [-0.05, 0) is 38.2 Å². The van der Waals surface area contributed by atoms with Crippen molar-refractivity contribution in [3.63, 3.8) is 0 Å². The highest BCUT2D eigenvalue weighted by molar-refractivity contribution is 5.04. The van der Waals surface area contributed by atoms with Crippen molar-refractivity contribution in [2.75, 3.05) is 6.61 Å². The van der Waals surface area contributed by atoms with Gasteiger partial charge in [-0.25, -0.2) is 4.39 Å². The van der Waals surface area contributed by atoms with E-state index in [0.29, 0.717) is 12.3 Å². The topological polar surface area (TPSA) is 38.7 Å². The van der Waals surface area contributed by atoms with Crippen LogP contribution in [0.3, 0.4) is 0 Å². The highest BCUT2D eigenvalue weighted by Crippen LogP contribution is 2.36. The van der Waals surface area contributed by atoms with E-state index in [2.05, 4.69) is 13.8 Å². The van der Waals surface area contributed by atoms with Gasteiger partial charge in [0.1, 0.15) is 5.83 Å². The Morgan fingerprint density at radius 1 is 1.25 bits per heavy atom. The molecule has 0 aromatic carbocycles. The average molecular weight is 288 g/mol. The van der Waals surface area contributed by atoms with Crippen LogP contribution in [0, 0.1) is 17.8 Å². The van der Waals surface area contributed by atoms with Crippen molar-refractivity contribution in [3.05, 3.63) is 11.9 Å². The Morgan fingerprint density at radius 2 is 1.85 bits per heavy atom. The molecule has 0 saturated carbocycles. The summed E-state index contributed by atoms with van der Waals surface area (Å²) in [6.07, 6.45) is 1.53. The third-order valence-corrected chi connectivity index (χ3v) is 4.04. The predicted octanol–water partition coefficient (Wildman–Crippen LogP) is 3.67. The van der Waals surface area contributed by atoms with Gasteiger partial charge in [0.25, 0.3) is 0 Å². The summed E-state index contributed by atoms with van der Waals surface area (Å²) in [5, 5.41) is 9.11. The maximum Gasteiger partial charge on any atom is 0.163 e. The molecule has 1 unspecified atom stereocenters. The molecule has 1 saturated heterocycles. The van der Waals surface area contributed by atoms with Crippen molar-refractivity contribution in [2.45, 2.75) is 66.0 Å². The van der Waals surface area contributed by atoms with Crippen LogP contribution in [0.1, 0.15) is 48.0 Å². The van der Waals surface area contributed by atoms with Crippen LogP contribution in [0.4, 0.5) is 4.39 Å². The number of halogens is 1. The fourth-order valence-electron chi connectivity index (χ4n) is 2.39. The third-order valence-electron chi connectivity index (χ3n) is 4.04. The molecule has 0 amide bonds. The molecular formula is C16H29FO3. The van der Waals surface area contributed by atoms with Crippen molar-refractivity contribution in [2.24, 2.45) is 17.8 Å². The molecule has 4 heteroatoms. The molecule has 1 aliphatic rings. The Labute approximate surface area is 122 Å². The van der Waals surface area contributed by atoms with Crippen LogP contribution >= 0.6 is 0 Å². The van der Waals surface area contributed by atoms with Gasteiger partial charge in [0.15, 0.2) is 5.79 Å². The van der Waals surface area contributed by atoms with Gasteiger partial charge in [0.05, 0.1) is 12.2 Å². The summed E-state index contributed by atoms with van der Waals surface area (Å²) in [6, 6.07) is 0. The number of aliphatic hydroxyl groups excluding tert-OH is 1. The van der Waals surface area contributed by atoms with Crippen LogP contribution in [-0.2, 0) is 9.47 Å². The van der Waals surface area contributed by atoms with Gasteiger partial charge >= 0.3 is 0 Å². The Hall–Kier alpha value is -0.450. The van der Waals surface area contributed by atoms with Crippen molar-refractivity contribution in [1.29, 1.82) is 0 Å². The largest absolute Gasteiger partial charge is 0.396 e. The minimum absolute atomic E-state index is 0.0149. The maximum absolute atomic E-state index is 14.4. The first kappa shape index (κ1) is 17.6. The van der Waals surface area contributed by atoms with E-state index in [1.165, 1.54) is 0 Å². The maximum atomic E-state index is 14.4. The smallest absolute Gasteiger partial charge is 0.163 e. The number of hydrogen-bond donors (Lipinski definition) is 1. The molecule has 4 atom stereocenters. The summed E-state index contributed by atoms with van der Waals surface area (Å²) in [5.41, 5.74) is 0. The molecule has 0 aromatic rings. The lowest BCUT2D eigenvalue weighted by Crippen LogP contribution is -2.31. The van der Waals surface area contributed by atoms with Gasteiger partial charge in [-0.3, -0.25) is 0 Å². The monoisotopic (exact) mass is 288 g/mol. The van der Waals surface area contributed by atoms with Gasteiger partial charge in [-0.2, -0.15) is 0 Å². The van der Waals surface area contributed by atoms with Crippen molar-refractivity contribution in [3.8, 4) is 0 Å². The van der Waals surface area contributed by atoms with Gasteiger partial charge < -0.3 is 14.6 Å². The van der Waals surface area contributed by atoms with E-state index < -0.39 is 5.79 Å². The Morgan fingerprint density at radius 3 is 2.35 bits per heavy atom. The minimum atomic E-state index is -0.720. The number of aliphatic hydroxyl groups is 1. The lowest BCUT2D eigenvalue weighted by atomic mass is 9.92. The van der Waals surface area contributed by atoms with E-state index in [4.69, 9.17) is 14.6 Å². The molecule has 3 nitrogen and oxygen atoms in total. The van der Waals surface area contributed by atoms with Gasteiger partial charge in [0.2, 0.25) is 0 Å². The summed E-state index contributed by atoms with van der Waals surface area (Å²) in [7, 11) is 0. The Kier molecular flexibility index (Phi) is 6.17.